The van der Waals surface area contributed by atoms with E-state index in [1.54, 1.807) is 0 Å². The summed E-state index contributed by atoms with van der Waals surface area (Å²) in [6.07, 6.45) is 0.119. The molecule has 0 aromatic rings. The van der Waals surface area contributed by atoms with E-state index in [9.17, 15) is 13.2 Å². The van der Waals surface area contributed by atoms with E-state index in [1.165, 1.54) is 12.8 Å². The summed E-state index contributed by atoms with van der Waals surface area (Å²) in [5.41, 5.74) is 0. The van der Waals surface area contributed by atoms with Crippen LogP contribution in [0.25, 0.3) is 0 Å². The molecule has 0 atom stereocenters. The van der Waals surface area contributed by atoms with Crippen molar-refractivity contribution in [3.63, 3.8) is 0 Å². The highest BCUT2D eigenvalue weighted by molar-refractivity contribution is 6.32. The van der Waals surface area contributed by atoms with Crippen molar-refractivity contribution in [2.24, 2.45) is 0 Å². The Hall–Kier alpha value is -0.525. The van der Waals surface area contributed by atoms with Crippen LogP contribution in [-0.4, -0.2) is 30.2 Å². The summed E-state index contributed by atoms with van der Waals surface area (Å²) in [6.45, 7) is 5.08. The number of unbranched alkanes of at least 4 members (excludes halogenated alkanes) is 3. The van der Waals surface area contributed by atoms with Gasteiger partial charge in [0.05, 0.1) is 0 Å². The van der Waals surface area contributed by atoms with E-state index in [2.05, 4.69) is 18.2 Å². The second-order valence-electron chi connectivity index (χ2n) is 3.00. The number of alkyl halides is 3. The number of hydrogen-bond acceptors (Lipinski definition) is 3. The molecular weight excluding hydrogens is 224 g/mol. The molecule has 0 rings (SSSR count). The number of rotatable bonds is 6. The van der Waals surface area contributed by atoms with Crippen molar-refractivity contribution in [2.45, 2.75) is 38.8 Å². The second-order valence-corrected chi connectivity index (χ2v) is 3.00. The molecule has 0 aliphatic heterocycles. The summed E-state index contributed by atoms with van der Waals surface area (Å²) >= 11 is 0. The summed E-state index contributed by atoms with van der Waals surface area (Å²) in [7, 11) is -1.60. The molecule has 0 saturated heterocycles. The molecule has 96 valence electrons. The first-order chi connectivity index (χ1) is 7.33. The van der Waals surface area contributed by atoms with Crippen molar-refractivity contribution >= 4 is 7.32 Å². The van der Waals surface area contributed by atoms with Crippen LogP contribution < -0.4 is 0 Å². The predicted octanol–water partition coefficient (Wildman–Crippen LogP) is 2.29. The van der Waals surface area contributed by atoms with Gasteiger partial charge >= 0.3 is 13.5 Å². The van der Waals surface area contributed by atoms with Crippen LogP contribution in [0.15, 0.2) is 12.7 Å². The summed E-state index contributed by atoms with van der Waals surface area (Å²) in [5, 5.41) is 16.5. The molecule has 2 N–H and O–H groups in total. The zero-order valence-electron chi connectivity index (χ0n) is 9.33. The van der Waals surface area contributed by atoms with E-state index in [4.69, 9.17) is 10.0 Å². The van der Waals surface area contributed by atoms with Crippen LogP contribution in [0.3, 0.4) is 0 Å². The molecule has 0 aromatic heterocycles. The molecule has 0 radical (unpaired) electrons. The Bertz CT molecular complexity index is 163. The van der Waals surface area contributed by atoms with Gasteiger partial charge in [-0.1, -0.05) is 32.8 Å². The molecule has 7 heteroatoms. The van der Waals surface area contributed by atoms with E-state index in [1.807, 2.05) is 0 Å². The lowest BCUT2D eigenvalue weighted by Gasteiger charge is -2.00. The molecule has 0 amide bonds. The maximum absolute atomic E-state index is 10.7. The van der Waals surface area contributed by atoms with Gasteiger partial charge in [-0.15, -0.1) is 0 Å². The lowest BCUT2D eigenvalue weighted by Crippen LogP contribution is -2.17. The average molecular weight is 242 g/mol. The fraction of sp³-hybridized carbons (Fsp3) is 0.778. The van der Waals surface area contributed by atoms with Gasteiger partial charge in [0.25, 0.3) is 0 Å². The van der Waals surface area contributed by atoms with Gasteiger partial charge in [-0.25, -0.2) is 0 Å². The van der Waals surface area contributed by atoms with Gasteiger partial charge in [0.1, 0.15) is 0 Å². The van der Waals surface area contributed by atoms with Crippen LogP contribution in [0, 0.1) is 0 Å². The Morgan fingerprint density at radius 3 is 2.06 bits per heavy atom. The predicted molar refractivity (Wildman–Crippen MR) is 56.5 cm³/mol. The van der Waals surface area contributed by atoms with Crippen molar-refractivity contribution in [3.05, 3.63) is 12.7 Å². The summed E-state index contributed by atoms with van der Waals surface area (Å²) in [4.78, 5) is 0. The average Bonchev–Trinajstić information content (AvgIpc) is 2.17. The maximum atomic E-state index is 10.7. The molecule has 0 spiro atoms. The van der Waals surface area contributed by atoms with Crippen molar-refractivity contribution in [1.82, 2.24) is 0 Å². The third-order valence-electron chi connectivity index (χ3n) is 1.50. The van der Waals surface area contributed by atoms with E-state index >= 15 is 0 Å². The van der Waals surface area contributed by atoms with Crippen LogP contribution >= 0.6 is 0 Å². The first-order valence-electron chi connectivity index (χ1n) is 5.01. The number of halogens is 3. The van der Waals surface area contributed by atoms with E-state index in [0.717, 1.165) is 12.8 Å². The standard InChI is InChI=1S/C6H15BO3.C3H3F3/c1-2-3-4-5-6-10-7(8)9;1-2-3(4,5)6/h8-9H,2-6H2,1H3;2H,1H2. The minimum absolute atomic E-state index is 0.0625. The Morgan fingerprint density at radius 1 is 1.25 bits per heavy atom. The molecule has 3 nitrogen and oxygen atoms in total. The molecule has 0 bridgehead atoms. The van der Waals surface area contributed by atoms with E-state index in [-0.39, 0.29) is 6.08 Å². The van der Waals surface area contributed by atoms with Gasteiger partial charge < -0.3 is 14.7 Å². The van der Waals surface area contributed by atoms with Crippen molar-refractivity contribution < 1.29 is 27.9 Å². The summed E-state index contributed by atoms with van der Waals surface area (Å²) < 4.78 is 36.5. The van der Waals surface area contributed by atoms with Crippen LogP contribution in [0.5, 0.6) is 0 Å². The molecule has 0 fully saturated rings. The summed E-state index contributed by atoms with van der Waals surface area (Å²) in [5.74, 6) is 0. The van der Waals surface area contributed by atoms with Gasteiger partial charge in [-0.3, -0.25) is 0 Å². The number of allylic oxidation sites excluding steroid dienone is 1. The van der Waals surface area contributed by atoms with Gasteiger partial charge in [-0.05, 0) is 6.42 Å². The van der Waals surface area contributed by atoms with Crippen molar-refractivity contribution in [2.75, 3.05) is 6.61 Å². The lowest BCUT2D eigenvalue weighted by molar-refractivity contribution is -0.0795. The van der Waals surface area contributed by atoms with Crippen LogP contribution in [0.2, 0.25) is 0 Å². The van der Waals surface area contributed by atoms with Crippen molar-refractivity contribution in [3.8, 4) is 0 Å². The molecular formula is C9H18BF3O3. The van der Waals surface area contributed by atoms with Crippen LogP contribution in [0.4, 0.5) is 13.2 Å². The molecule has 0 aliphatic carbocycles. The van der Waals surface area contributed by atoms with Gasteiger partial charge in [0, 0.05) is 12.7 Å². The molecule has 0 saturated carbocycles. The largest absolute Gasteiger partial charge is 0.633 e. The smallest absolute Gasteiger partial charge is 0.402 e. The first-order valence-corrected chi connectivity index (χ1v) is 5.01. The van der Waals surface area contributed by atoms with Crippen LogP contribution in [0.1, 0.15) is 32.6 Å². The quantitative estimate of drug-likeness (QED) is 0.426. The Morgan fingerprint density at radius 2 is 1.75 bits per heavy atom. The van der Waals surface area contributed by atoms with E-state index in [0.29, 0.717) is 6.61 Å². The highest BCUT2D eigenvalue weighted by atomic mass is 19.4. The third-order valence-corrected chi connectivity index (χ3v) is 1.50. The Labute approximate surface area is 94.1 Å². The topological polar surface area (TPSA) is 49.7 Å². The molecule has 0 heterocycles. The SMILES string of the molecule is C=CC(F)(F)F.CCCCCCOB(O)O. The zero-order chi connectivity index (χ0) is 13.0. The number of hydrogen-bond donors (Lipinski definition) is 2. The zero-order valence-corrected chi connectivity index (χ0v) is 9.33. The fourth-order valence-corrected chi connectivity index (χ4v) is 0.718. The minimum atomic E-state index is -4.19. The molecule has 0 unspecified atom stereocenters. The highest BCUT2D eigenvalue weighted by Gasteiger charge is 2.19. The molecule has 0 aliphatic rings. The van der Waals surface area contributed by atoms with Crippen LogP contribution in [-0.2, 0) is 4.65 Å². The third kappa shape index (κ3) is 23.4. The highest BCUT2D eigenvalue weighted by Crippen LogP contribution is 2.13. The fourth-order valence-electron chi connectivity index (χ4n) is 0.718. The second kappa shape index (κ2) is 11.0. The van der Waals surface area contributed by atoms with Gasteiger partial charge in [0.2, 0.25) is 0 Å². The minimum Gasteiger partial charge on any atom is -0.402 e. The lowest BCUT2D eigenvalue weighted by atomic mass is 10.2. The van der Waals surface area contributed by atoms with E-state index < -0.39 is 13.5 Å². The summed E-state index contributed by atoms with van der Waals surface area (Å²) in [6, 6.07) is 0. The normalized spacial score (nSPS) is 10.4. The van der Waals surface area contributed by atoms with Crippen molar-refractivity contribution in [1.29, 1.82) is 0 Å². The molecule has 0 aromatic carbocycles. The monoisotopic (exact) mass is 242 g/mol. The van der Waals surface area contributed by atoms with Gasteiger partial charge in [-0.2, -0.15) is 13.2 Å². The van der Waals surface area contributed by atoms with Gasteiger partial charge in [0.15, 0.2) is 0 Å². The Balaban J connectivity index is 0. The Kier molecular flexibility index (Phi) is 12.2. The maximum Gasteiger partial charge on any atom is 0.633 e. The molecule has 16 heavy (non-hydrogen) atoms. The first kappa shape index (κ1) is 17.9.